The van der Waals surface area contributed by atoms with Gasteiger partial charge in [-0.05, 0) is 29.7 Å². The number of urea groups is 1. The van der Waals surface area contributed by atoms with Crippen molar-refractivity contribution in [3.63, 3.8) is 0 Å². The number of nitrogens with one attached hydrogen (secondary N) is 1. The number of fused-ring (bicyclic) bond motifs is 2. The Morgan fingerprint density at radius 2 is 2.06 bits per heavy atom. The van der Waals surface area contributed by atoms with Gasteiger partial charge in [-0.1, -0.05) is 0 Å². The van der Waals surface area contributed by atoms with Gasteiger partial charge in [0.05, 0.1) is 41.9 Å². The van der Waals surface area contributed by atoms with Crippen molar-refractivity contribution in [2.45, 2.75) is 18.8 Å². The average molecular weight is 477 g/mol. The summed E-state index contributed by atoms with van der Waals surface area (Å²) in [6.07, 6.45) is -1.98. The number of rotatable bonds is 4. The Kier molecular flexibility index (Phi) is 4.78. The van der Waals surface area contributed by atoms with E-state index in [0.717, 1.165) is 18.2 Å². The molecule has 1 unspecified atom stereocenters. The molecule has 1 saturated heterocycles. The van der Waals surface area contributed by atoms with Gasteiger partial charge in [0.1, 0.15) is 0 Å². The third-order valence-corrected chi connectivity index (χ3v) is 6.46. The number of carbonyl (C=O) groups excluding carboxylic acids is 2. The van der Waals surface area contributed by atoms with E-state index in [9.17, 15) is 32.7 Å². The summed E-state index contributed by atoms with van der Waals surface area (Å²) in [7, 11) is 0. The van der Waals surface area contributed by atoms with Gasteiger partial charge >= 0.3 is 18.2 Å². The molecule has 5 rings (SSSR count). The number of carboxylic acids is 1. The number of hydrogen-bond donors (Lipinski definition) is 2. The van der Waals surface area contributed by atoms with E-state index in [0.29, 0.717) is 16.2 Å². The summed E-state index contributed by atoms with van der Waals surface area (Å²) >= 11 is 1.31. The Morgan fingerprint density at radius 3 is 2.73 bits per heavy atom. The van der Waals surface area contributed by atoms with Crippen LogP contribution in [-0.2, 0) is 17.5 Å². The summed E-state index contributed by atoms with van der Waals surface area (Å²) in [6, 6.07) is 2.86. The molecule has 12 heteroatoms. The highest BCUT2D eigenvalue weighted by molar-refractivity contribution is 8.02. The molecule has 8 nitrogen and oxygen atoms in total. The van der Waals surface area contributed by atoms with E-state index < -0.39 is 47.1 Å². The van der Waals surface area contributed by atoms with Crippen LogP contribution in [0.2, 0.25) is 0 Å². The van der Waals surface area contributed by atoms with Crippen molar-refractivity contribution in [3.8, 4) is 0 Å². The maximum Gasteiger partial charge on any atom is 0.416 e. The summed E-state index contributed by atoms with van der Waals surface area (Å²) in [5.41, 5.74) is -1.02. The maximum atomic E-state index is 13.5. The molecule has 0 saturated carbocycles. The summed E-state index contributed by atoms with van der Waals surface area (Å²) in [6.45, 7) is -0.0647. The number of carboxylic acid groups (broad SMARTS) is 1. The van der Waals surface area contributed by atoms with Gasteiger partial charge in [-0.15, -0.1) is 11.8 Å². The second-order valence-corrected chi connectivity index (χ2v) is 8.40. The van der Waals surface area contributed by atoms with Crippen LogP contribution in [0.5, 0.6) is 0 Å². The number of halogens is 3. The number of carbonyl (C=O) groups is 3. The fourth-order valence-corrected chi connectivity index (χ4v) is 5.04. The number of hydrogen-bond acceptors (Lipinski definition) is 5. The molecule has 2 aliphatic heterocycles. The van der Waals surface area contributed by atoms with E-state index in [1.54, 1.807) is 11.5 Å². The minimum Gasteiger partial charge on any atom is -0.477 e. The third-order valence-electron chi connectivity index (χ3n) is 5.51. The molecule has 4 heterocycles. The standard InChI is InChI=1S/C21H14F3N3O5S/c22-21(23,24)11-1-2-15-12(5-11)16(17(19(29)30)26(15)6-10-3-4-32-7-10)27-18(28)13-8-33-9-14(13)25-20(27)31/h1-5,7-8,14H,6,9H2,(H,25,31)(H,29,30). The van der Waals surface area contributed by atoms with Crippen LogP contribution in [0.25, 0.3) is 10.9 Å². The lowest BCUT2D eigenvalue weighted by Gasteiger charge is -2.30. The lowest BCUT2D eigenvalue weighted by Crippen LogP contribution is -2.56. The fourth-order valence-electron chi connectivity index (χ4n) is 4.05. The summed E-state index contributed by atoms with van der Waals surface area (Å²) in [5, 5.41) is 14.0. The minimum atomic E-state index is -4.72. The summed E-state index contributed by atoms with van der Waals surface area (Å²) in [4.78, 5) is 39.0. The average Bonchev–Trinajstić information content (AvgIpc) is 3.47. The van der Waals surface area contributed by atoms with Crippen LogP contribution in [0.15, 0.2) is 52.2 Å². The molecule has 2 aromatic heterocycles. The summed E-state index contributed by atoms with van der Waals surface area (Å²) < 4.78 is 46.7. The highest BCUT2D eigenvalue weighted by Gasteiger charge is 2.43. The van der Waals surface area contributed by atoms with E-state index in [1.165, 1.54) is 28.9 Å². The van der Waals surface area contributed by atoms with E-state index in [4.69, 9.17) is 4.42 Å². The van der Waals surface area contributed by atoms with Crippen molar-refractivity contribution in [1.82, 2.24) is 9.88 Å². The van der Waals surface area contributed by atoms with E-state index >= 15 is 0 Å². The number of nitrogens with zero attached hydrogens (tertiary/aromatic N) is 2. The number of aromatic carboxylic acids is 1. The van der Waals surface area contributed by atoms with E-state index in [-0.39, 0.29) is 23.0 Å². The van der Waals surface area contributed by atoms with Gasteiger partial charge in [-0.2, -0.15) is 13.2 Å². The van der Waals surface area contributed by atoms with Gasteiger partial charge in [-0.3, -0.25) is 4.79 Å². The molecule has 0 aliphatic carbocycles. The predicted octanol–water partition coefficient (Wildman–Crippen LogP) is 4.06. The molecule has 2 aliphatic rings. The Morgan fingerprint density at radius 1 is 1.27 bits per heavy atom. The lowest BCUT2D eigenvalue weighted by atomic mass is 10.0. The molecule has 3 aromatic rings. The Balaban J connectivity index is 1.80. The van der Waals surface area contributed by atoms with Gasteiger partial charge in [0.25, 0.3) is 5.91 Å². The number of benzene rings is 1. The van der Waals surface area contributed by atoms with Crippen molar-refractivity contribution >= 4 is 46.3 Å². The number of thioether (sulfide) groups is 1. The maximum absolute atomic E-state index is 13.5. The Bertz CT molecular complexity index is 1340. The molecule has 0 spiro atoms. The van der Waals surface area contributed by atoms with E-state index in [1.807, 2.05) is 0 Å². The minimum absolute atomic E-state index is 0.0647. The predicted molar refractivity (Wildman–Crippen MR) is 112 cm³/mol. The second kappa shape index (κ2) is 7.44. The SMILES string of the molecule is O=C(O)c1c(N2C(=O)NC3CSC=C3C2=O)c2cc(C(F)(F)F)ccc2n1Cc1ccoc1. The number of aromatic nitrogens is 1. The molecule has 1 aromatic carbocycles. The normalized spacial score (nSPS) is 18.5. The van der Waals surface area contributed by atoms with Gasteiger partial charge in [0.15, 0.2) is 5.69 Å². The van der Waals surface area contributed by atoms with Crippen molar-refractivity contribution in [1.29, 1.82) is 0 Å². The molecule has 170 valence electrons. The molecule has 0 radical (unpaired) electrons. The first-order valence-corrected chi connectivity index (χ1v) is 10.7. The zero-order valence-electron chi connectivity index (χ0n) is 16.5. The van der Waals surface area contributed by atoms with Crippen molar-refractivity contribution in [2.24, 2.45) is 0 Å². The molecular weight excluding hydrogens is 463 g/mol. The topological polar surface area (TPSA) is 105 Å². The van der Waals surface area contributed by atoms with Gasteiger partial charge in [0.2, 0.25) is 0 Å². The van der Waals surface area contributed by atoms with Crippen molar-refractivity contribution in [2.75, 3.05) is 10.7 Å². The fraction of sp³-hybridized carbons (Fsp3) is 0.190. The van der Waals surface area contributed by atoms with Crippen LogP contribution in [0.3, 0.4) is 0 Å². The molecule has 2 N–H and O–H groups in total. The van der Waals surface area contributed by atoms with Gasteiger partial charge in [-0.25, -0.2) is 14.5 Å². The molecular formula is C21H14F3N3O5S. The van der Waals surface area contributed by atoms with Crippen LogP contribution in [0.4, 0.5) is 23.7 Å². The van der Waals surface area contributed by atoms with Gasteiger partial charge in [0, 0.05) is 22.3 Å². The Labute approximate surface area is 187 Å². The quantitative estimate of drug-likeness (QED) is 0.588. The van der Waals surface area contributed by atoms with Crippen LogP contribution < -0.4 is 10.2 Å². The smallest absolute Gasteiger partial charge is 0.416 e. The molecule has 33 heavy (non-hydrogen) atoms. The first-order valence-electron chi connectivity index (χ1n) is 9.61. The lowest BCUT2D eigenvalue weighted by molar-refractivity contribution is -0.137. The van der Waals surface area contributed by atoms with Crippen LogP contribution in [0.1, 0.15) is 21.6 Å². The largest absolute Gasteiger partial charge is 0.477 e. The van der Waals surface area contributed by atoms with Crippen LogP contribution >= 0.6 is 11.8 Å². The van der Waals surface area contributed by atoms with Crippen LogP contribution in [0, 0.1) is 0 Å². The second-order valence-electron chi connectivity index (χ2n) is 7.50. The molecule has 3 amide bonds. The number of alkyl halides is 3. The first kappa shape index (κ1) is 21.2. The number of furan rings is 1. The van der Waals surface area contributed by atoms with Crippen molar-refractivity contribution in [3.05, 3.63) is 64.6 Å². The highest BCUT2D eigenvalue weighted by atomic mass is 32.2. The summed E-state index contributed by atoms with van der Waals surface area (Å²) in [5.74, 6) is -1.83. The third kappa shape index (κ3) is 3.37. The number of anilines is 1. The molecule has 0 bridgehead atoms. The zero-order valence-corrected chi connectivity index (χ0v) is 17.4. The number of imide groups is 1. The number of amides is 3. The van der Waals surface area contributed by atoms with Crippen LogP contribution in [-0.4, -0.2) is 39.4 Å². The first-order chi connectivity index (χ1) is 15.7. The van der Waals surface area contributed by atoms with Gasteiger partial charge < -0.3 is 19.4 Å². The molecule has 1 fully saturated rings. The van der Waals surface area contributed by atoms with E-state index in [2.05, 4.69) is 5.32 Å². The van der Waals surface area contributed by atoms with Crippen molar-refractivity contribution < 1.29 is 37.1 Å². The molecule has 1 atom stereocenters. The Hall–Kier alpha value is -3.67. The zero-order chi connectivity index (χ0) is 23.5. The highest BCUT2D eigenvalue weighted by Crippen LogP contribution is 2.41. The monoisotopic (exact) mass is 477 g/mol.